The van der Waals surface area contributed by atoms with Gasteiger partial charge in [0.1, 0.15) is 12.3 Å². The largest absolute Gasteiger partial charge is 0.364 e. The van der Waals surface area contributed by atoms with Gasteiger partial charge in [0, 0.05) is 25.6 Å². The van der Waals surface area contributed by atoms with Gasteiger partial charge in [-0.1, -0.05) is 20.8 Å². The normalized spacial score (nSPS) is 28.9. The fraction of sp³-hybridized carbons (Fsp3) is 0.900. The van der Waals surface area contributed by atoms with E-state index < -0.39 is 0 Å². The molecule has 2 unspecified atom stereocenters. The van der Waals surface area contributed by atoms with Crippen LogP contribution in [-0.4, -0.2) is 38.3 Å². The summed E-state index contributed by atoms with van der Waals surface area (Å²) in [6.07, 6.45) is -0.199. The standard InChI is InChI=1S/C10H20N2O2/c1-10(2,3)8(13)7-9(14-4)12-6-5-11-7/h7,9,11-12H,5-6H2,1-4H3. The predicted molar refractivity (Wildman–Crippen MR) is 55.1 cm³/mol. The zero-order valence-electron chi connectivity index (χ0n) is 9.39. The predicted octanol–water partition coefficient (Wildman–Crippen LogP) is 0.135. The molecule has 0 bridgehead atoms. The Kier molecular flexibility index (Phi) is 3.64. The van der Waals surface area contributed by atoms with Gasteiger partial charge in [-0.3, -0.25) is 10.1 Å². The van der Waals surface area contributed by atoms with Crippen LogP contribution in [0.1, 0.15) is 20.8 Å². The summed E-state index contributed by atoms with van der Waals surface area (Å²) in [5, 5.41) is 6.36. The third kappa shape index (κ3) is 2.53. The van der Waals surface area contributed by atoms with Crippen molar-refractivity contribution < 1.29 is 9.53 Å². The van der Waals surface area contributed by atoms with E-state index in [9.17, 15) is 4.79 Å². The molecule has 0 radical (unpaired) electrons. The minimum Gasteiger partial charge on any atom is -0.364 e. The fourth-order valence-electron chi connectivity index (χ4n) is 1.58. The van der Waals surface area contributed by atoms with Crippen LogP contribution in [0.5, 0.6) is 0 Å². The number of carbonyl (C=O) groups excluding carboxylic acids is 1. The van der Waals surface area contributed by atoms with E-state index in [1.54, 1.807) is 7.11 Å². The quantitative estimate of drug-likeness (QED) is 0.665. The molecule has 4 nitrogen and oxygen atoms in total. The van der Waals surface area contributed by atoms with Gasteiger partial charge < -0.3 is 10.1 Å². The zero-order valence-corrected chi connectivity index (χ0v) is 9.39. The van der Waals surface area contributed by atoms with E-state index in [0.717, 1.165) is 13.1 Å². The lowest BCUT2D eigenvalue weighted by Gasteiger charge is -2.34. The molecular weight excluding hydrogens is 180 g/mol. The topological polar surface area (TPSA) is 50.4 Å². The zero-order chi connectivity index (χ0) is 10.8. The highest BCUT2D eigenvalue weighted by atomic mass is 16.5. The summed E-state index contributed by atoms with van der Waals surface area (Å²) < 4.78 is 5.23. The second-order valence-corrected chi connectivity index (χ2v) is 4.66. The molecule has 14 heavy (non-hydrogen) atoms. The van der Waals surface area contributed by atoms with Gasteiger partial charge in [-0.25, -0.2) is 0 Å². The highest BCUT2D eigenvalue weighted by molar-refractivity contribution is 5.89. The van der Waals surface area contributed by atoms with E-state index in [-0.39, 0.29) is 23.5 Å². The van der Waals surface area contributed by atoms with Crippen molar-refractivity contribution in [2.75, 3.05) is 20.2 Å². The summed E-state index contributed by atoms with van der Waals surface area (Å²) in [7, 11) is 1.62. The summed E-state index contributed by atoms with van der Waals surface area (Å²) in [4.78, 5) is 12.0. The van der Waals surface area contributed by atoms with Gasteiger partial charge in [0.25, 0.3) is 0 Å². The second kappa shape index (κ2) is 4.38. The SMILES string of the molecule is COC1NCCNC1C(=O)C(C)(C)C. The van der Waals surface area contributed by atoms with Crippen LogP contribution in [0, 0.1) is 5.41 Å². The van der Waals surface area contributed by atoms with Crippen LogP contribution in [0.25, 0.3) is 0 Å². The van der Waals surface area contributed by atoms with E-state index in [1.807, 2.05) is 20.8 Å². The molecule has 0 saturated carbocycles. The Morgan fingerprint density at radius 2 is 1.86 bits per heavy atom. The maximum Gasteiger partial charge on any atom is 0.159 e. The van der Waals surface area contributed by atoms with Gasteiger partial charge in [0.05, 0.1) is 0 Å². The molecule has 0 aliphatic carbocycles. The number of rotatable bonds is 2. The van der Waals surface area contributed by atoms with E-state index in [2.05, 4.69) is 10.6 Å². The van der Waals surface area contributed by atoms with Crippen LogP contribution in [0.3, 0.4) is 0 Å². The number of carbonyl (C=O) groups is 1. The smallest absolute Gasteiger partial charge is 0.159 e. The van der Waals surface area contributed by atoms with E-state index in [4.69, 9.17) is 4.74 Å². The van der Waals surface area contributed by atoms with E-state index in [1.165, 1.54) is 0 Å². The molecule has 1 heterocycles. The molecular formula is C10H20N2O2. The second-order valence-electron chi connectivity index (χ2n) is 4.66. The Balaban J connectivity index is 2.69. The fourth-order valence-corrected chi connectivity index (χ4v) is 1.58. The number of hydrogen-bond acceptors (Lipinski definition) is 4. The molecule has 0 amide bonds. The monoisotopic (exact) mass is 200 g/mol. The Morgan fingerprint density at radius 3 is 2.36 bits per heavy atom. The van der Waals surface area contributed by atoms with Crippen molar-refractivity contribution in [1.82, 2.24) is 10.6 Å². The minimum absolute atomic E-state index is 0.191. The van der Waals surface area contributed by atoms with Crippen molar-refractivity contribution in [1.29, 1.82) is 0 Å². The number of ketones is 1. The third-order valence-corrected chi connectivity index (χ3v) is 2.41. The molecule has 1 fully saturated rings. The van der Waals surface area contributed by atoms with E-state index >= 15 is 0 Å². The molecule has 1 aliphatic rings. The molecule has 1 rings (SSSR count). The molecule has 4 heteroatoms. The van der Waals surface area contributed by atoms with Crippen molar-refractivity contribution in [3.8, 4) is 0 Å². The van der Waals surface area contributed by atoms with Gasteiger partial charge in [-0.2, -0.15) is 0 Å². The molecule has 0 aromatic rings. The van der Waals surface area contributed by atoms with Crippen molar-refractivity contribution in [3.63, 3.8) is 0 Å². The number of hydrogen-bond donors (Lipinski definition) is 2. The van der Waals surface area contributed by atoms with Crippen molar-refractivity contribution in [3.05, 3.63) is 0 Å². The lowest BCUT2D eigenvalue weighted by Crippen LogP contribution is -2.61. The third-order valence-electron chi connectivity index (χ3n) is 2.41. The van der Waals surface area contributed by atoms with Gasteiger partial charge in [-0.05, 0) is 0 Å². The average molecular weight is 200 g/mol. The van der Waals surface area contributed by atoms with Crippen LogP contribution in [0.15, 0.2) is 0 Å². The average Bonchev–Trinajstić information content (AvgIpc) is 2.15. The molecule has 0 spiro atoms. The van der Waals surface area contributed by atoms with Gasteiger partial charge >= 0.3 is 0 Å². The van der Waals surface area contributed by atoms with Crippen LogP contribution >= 0.6 is 0 Å². The summed E-state index contributed by atoms with van der Waals surface area (Å²) in [6, 6.07) is -0.228. The Morgan fingerprint density at radius 1 is 1.29 bits per heavy atom. The first-order valence-electron chi connectivity index (χ1n) is 5.00. The Bertz CT molecular complexity index is 211. The first kappa shape index (κ1) is 11.6. The van der Waals surface area contributed by atoms with Crippen molar-refractivity contribution in [2.24, 2.45) is 5.41 Å². The molecule has 2 N–H and O–H groups in total. The molecule has 82 valence electrons. The minimum atomic E-state index is -0.326. The first-order chi connectivity index (χ1) is 6.46. The van der Waals surface area contributed by atoms with Crippen molar-refractivity contribution >= 4 is 5.78 Å². The maximum absolute atomic E-state index is 12.0. The molecule has 0 aromatic heterocycles. The maximum atomic E-state index is 12.0. The summed E-state index contributed by atoms with van der Waals surface area (Å²) >= 11 is 0. The molecule has 0 aromatic carbocycles. The highest BCUT2D eigenvalue weighted by Gasteiger charge is 2.36. The number of piperazine rings is 1. The number of Topliss-reactive ketones (excluding diaryl/α,β-unsaturated/α-hetero) is 1. The summed E-state index contributed by atoms with van der Waals surface area (Å²) in [6.45, 7) is 7.44. The number of methoxy groups -OCH3 is 1. The van der Waals surface area contributed by atoms with Crippen LogP contribution < -0.4 is 10.6 Å². The van der Waals surface area contributed by atoms with Gasteiger partial charge in [0.15, 0.2) is 5.78 Å². The molecule has 1 aliphatic heterocycles. The number of nitrogens with one attached hydrogen (secondary N) is 2. The highest BCUT2D eigenvalue weighted by Crippen LogP contribution is 2.19. The molecule has 1 saturated heterocycles. The van der Waals surface area contributed by atoms with Crippen LogP contribution in [0.4, 0.5) is 0 Å². The van der Waals surface area contributed by atoms with Crippen LogP contribution in [0.2, 0.25) is 0 Å². The van der Waals surface area contributed by atoms with Crippen molar-refractivity contribution in [2.45, 2.75) is 33.0 Å². The van der Waals surface area contributed by atoms with Crippen LogP contribution in [-0.2, 0) is 9.53 Å². The van der Waals surface area contributed by atoms with Gasteiger partial charge in [-0.15, -0.1) is 0 Å². The number of ether oxygens (including phenoxy) is 1. The Hall–Kier alpha value is -0.450. The Labute approximate surface area is 85.4 Å². The van der Waals surface area contributed by atoms with Gasteiger partial charge in [0.2, 0.25) is 0 Å². The molecule has 2 atom stereocenters. The first-order valence-corrected chi connectivity index (χ1v) is 5.00. The summed E-state index contributed by atoms with van der Waals surface area (Å²) in [5.74, 6) is 0.191. The summed E-state index contributed by atoms with van der Waals surface area (Å²) in [5.41, 5.74) is -0.326. The lowest BCUT2D eigenvalue weighted by atomic mass is 9.85. The lowest BCUT2D eigenvalue weighted by molar-refractivity contribution is -0.133. The van der Waals surface area contributed by atoms with E-state index in [0.29, 0.717) is 0 Å².